The predicted octanol–water partition coefficient (Wildman–Crippen LogP) is 4.91. The summed E-state index contributed by atoms with van der Waals surface area (Å²) in [4.78, 5) is 32.5. The van der Waals surface area contributed by atoms with Gasteiger partial charge in [0.15, 0.2) is 11.5 Å². The first-order valence-corrected chi connectivity index (χ1v) is 13.8. The second kappa shape index (κ2) is 11.9. The summed E-state index contributed by atoms with van der Waals surface area (Å²) in [7, 11) is 1.56. The number of rotatable bonds is 11. The number of hydrogen-bond acceptors (Lipinski definition) is 7. The Morgan fingerprint density at radius 2 is 1.98 bits per heavy atom. The van der Waals surface area contributed by atoms with E-state index in [0.717, 1.165) is 24.2 Å². The van der Waals surface area contributed by atoms with E-state index in [2.05, 4.69) is 11.9 Å². The SMILES string of the molecule is CCCCOc1ccc(C2/C(=C(\O)c3ccc4c(c3)CC(C)O4)C(=O)C(=O)N2CCCn2ccnc2)cc1OC. The molecule has 2 aromatic carbocycles. The van der Waals surface area contributed by atoms with Crippen LogP contribution in [0.5, 0.6) is 17.2 Å². The van der Waals surface area contributed by atoms with E-state index >= 15 is 0 Å². The summed E-state index contributed by atoms with van der Waals surface area (Å²) >= 11 is 0. The topological polar surface area (TPSA) is 103 Å². The molecule has 3 aromatic rings. The van der Waals surface area contributed by atoms with E-state index in [1.807, 2.05) is 29.8 Å². The number of hydrogen-bond donors (Lipinski definition) is 1. The quantitative estimate of drug-likeness (QED) is 0.158. The number of aryl methyl sites for hydroxylation is 1. The second-order valence-corrected chi connectivity index (χ2v) is 10.2. The highest BCUT2D eigenvalue weighted by Crippen LogP contribution is 2.43. The molecule has 9 nitrogen and oxygen atoms in total. The molecule has 1 N–H and O–H groups in total. The van der Waals surface area contributed by atoms with Gasteiger partial charge in [-0.25, -0.2) is 4.98 Å². The van der Waals surface area contributed by atoms with Crippen LogP contribution in [0.3, 0.4) is 0 Å². The molecule has 5 rings (SSSR count). The molecule has 2 aliphatic heterocycles. The number of unbranched alkanes of at least 4 members (excludes halogenated alkanes) is 1. The fraction of sp³-hybridized carbons (Fsp3) is 0.387. The van der Waals surface area contributed by atoms with Gasteiger partial charge in [0.05, 0.1) is 31.7 Å². The second-order valence-electron chi connectivity index (χ2n) is 10.2. The highest BCUT2D eigenvalue weighted by Gasteiger charge is 2.46. The van der Waals surface area contributed by atoms with Crippen molar-refractivity contribution in [2.24, 2.45) is 0 Å². The number of aliphatic hydroxyl groups is 1. The number of likely N-dealkylation sites (tertiary alicyclic amines) is 1. The van der Waals surface area contributed by atoms with Crippen LogP contribution in [-0.2, 0) is 22.6 Å². The van der Waals surface area contributed by atoms with Gasteiger partial charge in [0.1, 0.15) is 17.6 Å². The van der Waals surface area contributed by atoms with Gasteiger partial charge in [0, 0.05) is 37.5 Å². The molecule has 1 fully saturated rings. The number of methoxy groups -OCH3 is 1. The van der Waals surface area contributed by atoms with Crippen molar-refractivity contribution in [1.29, 1.82) is 0 Å². The number of Topliss-reactive ketones (excluding diaryl/α,β-unsaturated/α-hetero) is 1. The number of imidazole rings is 1. The van der Waals surface area contributed by atoms with Gasteiger partial charge in [-0.3, -0.25) is 9.59 Å². The summed E-state index contributed by atoms with van der Waals surface area (Å²) in [6, 6.07) is 9.98. The van der Waals surface area contributed by atoms with Crippen molar-refractivity contribution in [2.75, 3.05) is 20.3 Å². The molecule has 0 saturated carbocycles. The van der Waals surface area contributed by atoms with Crippen LogP contribution in [0, 0.1) is 0 Å². The lowest BCUT2D eigenvalue weighted by atomic mass is 9.94. The van der Waals surface area contributed by atoms with Crippen molar-refractivity contribution < 1.29 is 28.9 Å². The van der Waals surface area contributed by atoms with Crippen molar-refractivity contribution in [2.45, 2.75) is 58.2 Å². The molecule has 9 heteroatoms. The highest BCUT2D eigenvalue weighted by atomic mass is 16.5. The van der Waals surface area contributed by atoms with Crippen LogP contribution in [0.2, 0.25) is 0 Å². The maximum Gasteiger partial charge on any atom is 0.295 e. The summed E-state index contributed by atoms with van der Waals surface area (Å²) in [5.41, 5.74) is 2.14. The third kappa shape index (κ3) is 5.41. The first-order chi connectivity index (χ1) is 19.4. The van der Waals surface area contributed by atoms with Gasteiger partial charge < -0.3 is 28.8 Å². The van der Waals surface area contributed by atoms with E-state index in [1.165, 1.54) is 4.90 Å². The Balaban J connectivity index is 1.53. The van der Waals surface area contributed by atoms with Crippen molar-refractivity contribution >= 4 is 17.4 Å². The summed E-state index contributed by atoms with van der Waals surface area (Å²) in [6.45, 7) is 5.58. The number of carbonyl (C=O) groups excluding carboxylic acids is 2. The number of aliphatic hydroxyl groups excluding tert-OH is 1. The third-order valence-electron chi connectivity index (χ3n) is 7.34. The fourth-order valence-corrected chi connectivity index (χ4v) is 5.32. The lowest BCUT2D eigenvalue weighted by Crippen LogP contribution is -2.31. The lowest BCUT2D eigenvalue weighted by Gasteiger charge is -2.26. The number of nitrogens with zero attached hydrogens (tertiary/aromatic N) is 3. The molecule has 0 spiro atoms. The normalized spacial score (nSPS) is 19.5. The number of amides is 1. The maximum atomic E-state index is 13.5. The molecule has 1 aromatic heterocycles. The molecule has 0 bridgehead atoms. The standard InChI is InChI=1S/C31H35N3O6/c1-4-5-15-39-25-10-7-21(18-26(25)38-3)28-27(29(35)22-8-9-24-23(17-22)16-20(2)40-24)30(36)31(37)34(28)13-6-12-33-14-11-32-19-33/h7-11,14,17-20,28,35H,4-6,12-13,15-16H2,1-3H3/b29-27+. The van der Waals surface area contributed by atoms with Gasteiger partial charge in [-0.15, -0.1) is 0 Å². The molecule has 2 unspecified atom stereocenters. The number of fused-ring (bicyclic) bond motifs is 1. The molecule has 0 aliphatic carbocycles. The Bertz CT molecular complexity index is 1410. The zero-order chi connectivity index (χ0) is 28.2. The number of carbonyl (C=O) groups is 2. The molecule has 1 saturated heterocycles. The summed E-state index contributed by atoms with van der Waals surface area (Å²) in [5.74, 6) is 0.301. The summed E-state index contributed by atoms with van der Waals surface area (Å²) in [5, 5.41) is 11.5. The Morgan fingerprint density at radius 1 is 1.12 bits per heavy atom. The van der Waals surface area contributed by atoms with Crippen molar-refractivity contribution in [3.63, 3.8) is 0 Å². The first-order valence-electron chi connectivity index (χ1n) is 13.8. The van der Waals surface area contributed by atoms with Crippen molar-refractivity contribution in [3.05, 3.63) is 77.4 Å². The van der Waals surface area contributed by atoms with Crippen molar-refractivity contribution in [1.82, 2.24) is 14.5 Å². The minimum Gasteiger partial charge on any atom is -0.507 e. The first kappa shape index (κ1) is 27.3. The van der Waals surface area contributed by atoms with Crippen LogP contribution in [-0.4, -0.2) is 57.6 Å². The largest absolute Gasteiger partial charge is 0.507 e. The Morgan fingerprint density at radius 3 is 2.73 bits per heavy atom. The Labute approximate surface area is 234 Å². The van der Waals surface area contributed by atoms with Gasteiger partial charge in [-0.05, 0) is 61.2 Å². The van der Waals surface area contributed by atoms with Gasteiger partial charge in [-0.2, -0.15) is 0 Å². The van der Waals surface area contributed by atoms with Crippen LogP contribution < -0.4 is 14.2 Å². The zero-order valence-corrected chi connectivity index (χ0v) is 23.1. The number of ketones is 1. The monoisotopic (exact) mass is 545 g/mol. The third-order valence-corrected chi connectivity index (χ3v) is 7.34. The van der Waals surface area contributed by atoms with E-state index in [0.29, 0.717) is 55.2 Å². The zero-order valence-electron chi connectivity index (χ0n) is 23.1. The average Bonchev–Trinajstić information content (AvgIpc) is 3.67. The van der Waals surface area contributed by atoms with Gasteiger partial charge in [0.25, 0.3) is 11.7 Å². The number of aromatic nitrogens is 2. The Kier molecular flexibility index (Phi) is 8.09. The van der Waals surface area contributed by atoms with Crippen LogP contribution in [0.1, 0.15) is 55.8 Å². The van der Waals surface area contributed by atoms with E-state index in [1.54, 1.807) is 43.9 Å². The molecule has 210 valence electrons. The van der Waals surface area contributed by atoms with Crippen LogP contribution in [0.25, 0.3) is 5.76 Å². The predicted molar refractivity (Wildman–Crippen MR) is 149 cm³/mol. The molecule has 40 heavy (non-hydrogen) atoms. The average molecular weight is 546 g/mol. The van der Waals surface area contributed by atoms with E-state index < -0.39 is 17.7 Å². The summed E-state index contributed by atoms with van der Waals surface area (Å²) in [6.07, 6.45) is 8.53. The van der Waals surface area contributed by atoms with Crippen molar-refractivity contribution in [3.8, 4) is 17.2 Å². The van der Waals surface area contributed by atoms with Crippen LogP contribution >= 0.6 is 0 Å². The van der Waals surface area contributed by atoms with E-state index in [9.17, 15) is 14.7 Å². The van der Waals surface area contributed by atoms with Crippen LogP contribution in [0.15, 0.2) is 60.7 Å². The van der Waals surface area contributed by atoms with Gasteiger partial charge >= 0.3 is 0 Å². The molecule has 2 atom stereocenters. The van der Waals surface area contributed by atoms with Gasteiger partial charge in [0.2, 0.25) is 0 Å². The van der Waals surface area contributed by atoms with E-state index in [-0.39, 0.29) is 17.4 Å². The van der Waals surface area contributed by atoms with Gasteiger partial charge in [-0.1, -0.05) is 19.4 Å². The Hall–Kier alpha value is -4.27. The molecule has 0 radical (unpaired) electrons. The fourth-order valence-electron chi connectivity index (χ4n) is 5.32. The minimum atomic E-state index is -0.787. The molecular weight excluding hydrogens is 510 g/mol. The van der Waals surface area contributed by atoms with Crippen LogP contribution in [0.4, 0.5) is 0 Å². The minimum absolute atomic E-state index is 0.0407. The maximum absolute atomic E-state index is 13.5. The molecule has 3 heterocycles. The molecular formula is C31H35N3O6. The number of ether oxygens (including phenoxy) is 3. The summed E-state index contributed by atoms with van der Waals surface area (Å²) < 4.78 is 19.2. The molecule has 1 amide bonds. The number of benzene rings is 2. The van der Waals surface area contributed by atoms with E-state index in [4.69, 9.17) is 14.2 Å². The lowest BCUT2D eigenvalue weighted by molar-refractivity contribution is -0.139. The smallest absolute Gasteiger partial charge is 0.295 e. The highest BCUT2D eigenvalue weighted by molar-refractivity contribution is 6.46. The molecule has 2 aliphatic rings.